The molecule has 0 saturated carbocycles. The molecule has 106 valence electrons. The van der Waals surface area contributed by atoms with Crippen molar-refractivity contribution in [2.75, 3.05) is 0 Å². The first-order valence-electron chi connectivity index (χ1n) is 5.71. The zero-order valence-corrected chi connectivity index (χ0v) is 10.7. The molecule has 6 heteroatoms. The second kappa shape index (κ2) is 8.79. The minimum atomic E-state index is -0.708. The topological polar surface area (TPSA) is 86.7 Å². The predicted octanol–water partition coefficient (Wildman–Crippen LogP) is 2.03. The van der Waals surface area contributed by atoms with Crippen molar-refractivity contribution in [2.45, 2.75) is 0 Å². The lowest BCUT2D eigenvalue weighted by Crippen LogP contribution is -2.11. The molecular weight excluding hydrogens is 276 g/mol. The Morgan fingerprint density at radius 2 is 0.952 bits per heavy atom. The second-order valence-electron chi connectivity index (χ2n) is 3.56. The van der Waals surface area contributed by atoms with Gasteiger partial charge in [0, 0.05) is 0 Å². The first-order chi connectivity index (χ1) is 10.2. The summed E-state index contributed by atoms with van der Waals surface area (Å²) in [4.78, 5) is 48.1. The first kappa shape index (κ1) is 15.8. The number of carbonyl (C=O) groups is 2. The van der Waals surface area contributed by atoms with E-state index >= 15 is 0 Å². The van der Waals surface area contributed by atoms with E-state index in [9.17, 15) is 9.59 Å². The fourth-order valence-electron chi connectivity index (χ4n) is 1.32. The summed E-state index contributed by atoms with van der Waals surface area (Å²) in [5, 5.41) is 0. The summed E-state index contributed by atoms with van der Waals surface area (Å²) in [6.07, 6.45) is 0.250. The first-order valence-corrected chi connectivity index (χ1v) is 5.71. The summed E-state index contributed by atoms with van der Waals surface area (Å²) >= 11 is 0. The SMILES string of the molecule is O=C(OOC(=O)c1ccccc1)c1ccccc1.O=C=O. The van der Waals surface area contributed by atoms with E-state index in [0.29, 0.717) is 11.1 Å². The third kappa shape index (κ3) is 5.50. The Hall–Kier alpha value is -3.24. The molecule has 0 N–H and O–H groups in total. The maximum Gasteiger partial charge on any atom is 0.386 e. The predicted molar refractivity (Wildman–Crippen MR) is 68.7 cm³/mol. The van der Waals surface area contributed by atoms with Crippen LogP contribution < -0.4 is 0 Å². The third-order valence-corrected chi connectivity index (χ3v) is 2.21. The van der Waals surface area contributed by atoms with E-state index in [0.717, 1.165) is 0 Å². The van der Waals surface area contributed by atoms with E-state index in [2.05, 4.69) is 9.78 Å². The van der Waals surface area contributed by atoms with Crippen molar-refractivity contribution in [2.24, 2.45) is 0 Å². The van der Waals surface area contributed by atoms with Crippen molar-refractivity contribution >= 4 is 18.1 Å². The molecule has 0 unspecified atom stereocenters. The highest BCUT2D eigenvalue weighted by Gasteiger charge is 2.12. The van der Waals surface area contributed by atoms with Gasteiger partial charge in [-0.15, -0.1) is 0 Å². The summed E-state index contributed by atoms with van der Waals surface area (Å²) in [6.45, 7) is 0. The van der Waals surface area contributed by atoms with Crippen LogP contribution in [0.4, 0.5) is 0 Å². The van der Waals surface area contributed by atoms with Crippen LogP contribution in [-0.2, 0) is 19.4 Å². The van der Waals surface area contributed by atoms with Gasteiger partial charge in [0.2, 0.25) is 0 Å². The Morgan fingerprint density at radius 3 is 1.24 bits per heavy atom. The van der Waals surface area contributed by atoms with Crippen LogP contribution >= 0.6 is 0 Å². The molecule has 2 aromatic rings. The van der Waals surface area contributed by atoms with Crippen molar-refractivity contribution in [1.82, 2.24) is 0 Å². The lowest BCUT2D eigenvalue weighted by atomic mass is 10.2. The Bertz CT molecular complexity index is 564. The lowest BCUT2D eigenvalue weighted by molar-refractivity contribution is -0.191. The summed E-state index contributed by atoms with van der Waals surface area (Å²) in [5.41, 5.74) is 0.636. The Labute approximate surface area is 119 Å². The van der Waals surface area contributed by atoms with Crippen LogP contribution in [-0.4, -0.2) is 18.1 Å². The average Bonchev–Trinajstić information content (AvgIpc) is 2.54. The maximum atomic E-state index is 11.5. The largest absolute Gasteiger partial charge is 0.386 e. The molecule has 0 amide bonds. The van der Waals surface area contributed by atoms with Crippen molar-refractivity contribution in [1.29, 1.82) is 0 Å². The van der Waals surface area contributed by atoms with E-state index < -0.39 is 11.9 Å². The molecule has 0 saturated heterocycles. The van der Waals surface area contributed by atoms with Gasteiger partial charge in [0.1, 0.15) is 0 Å². The number of benzene rings is 2. The second-order valence-corrected chi connectivity index (χ2v) is 3.56. The van der Waals surface area contributed by atoms with Gasteiger partial charge in [0.15, 0.2) is 0 Å². The minimum Gasteiger partial charge on any atom is -0.242 e. The molecule has 0 fully saturated rings. The average molecular weight is 286 g/mol. The van der Waals surface area contributed by atoms with Crippen LogP contribution in [0.1, 0.15) is 20.7 Å². The van der Waals surface area contributed by atoms with Gasteiger partial charge in [-0.1, -0.05) is 36.4 Å². The van der Waals surface area contributed by atoms with E-state index in [1.165, 1.54) is 0 Å². The van der Waals surface area contributed by atoms with Crippen LogP contribution in [0.2, 0.25) is 0 Å². The molecule has 2 rings (SSSR count). The van der Waals surface area contributed by atoms with Crippen LogP contribution in [0.3, 0.4) is 0 Å². The van der Waals surface area contributed by atoms with E-state index in [1.807, 2.05) is 0 Å². The van der Waals surface area contributed by atoms with Crippen LogP contribution in [0.15, 0.2) is 60.7 Å². The van der Waals surface area contributed by atoms with Crippen LogP contribution in [0, 0.1) is 0 Å². The highest BCUT2D eigenvalue weighted by Crippen LogP contribution is 2.05. The summed E-state index contributed by atoms with van der Waals surface area (Å²) < 4.78 is 0. The van der Waals surface area contributed by atoms with Gasteiger partial charge >= 0.3 is 18.1 Å². The van der Waals surface area contributed by atoms with Crippen LogP contribution in [0.5, 0.6) is 0 Å². The summed E-state index contributed by atoms with van der Waals surface area (Å²) in [7, 11) is 0. The van der Waals surface area contributed by atoms with Crippen molar-refractivity contribution < 1.29 is 29.0 Å². The smallest absolute Gasteiger partial charge is 0.242 e. The van der Waals surface area contributed by atoms with Gasteiger partial charge in [-0.05, 0) is 24.3 Å². The van der Waals surface area contributed by atoms with E-state index in [1.54, 1.807) is 60.7 Å². The monoisotopic (exact) mass is 286 g/mol. The molecule has 0 bridgehead atoms. The molecule has 0 spiro atoms. The van der Waals surface area contributed by atoms with Crippen molar-refractivity contribution in [3.8, 4) is 0 Å². The molecule has 6 nitrogen and oxygen atoms in total. The Morgan fingerprint density at radius 1 is 0.667 bits per heavy atom. The quantitative estimate of drug-likeness (QED) is 0.620. The zero-order valence-electron chi connectivity index (χ0n) is 10.7. The van der Waals surface area contributed by atoms with Gasteiger partial charge < -0.3 is 0 Å². The Kier molecular flexibility index (Phi) is 6.62. The molecular formula is C15H10O6. The highest BCUT2D eigenvalue weighted by atomic mass is 17.2. The number of hydrogen-bond acceptors (Lipinski definition) is 6. The van der Waals surface area contributed by atoms with Gasteiger partial charge in [0.05, 0.1) is 11.1 Å². The normalized spacial score (nSPS) is 8.57. The molecule has 0 heterocycles. The number of hydrogen-bond donors (Lipinski definition) is 0. The molecule has 0 aliphatic carbocycles. The summed E-state index contributed by atoms with van der Waals surface area (Å²) in [5.74, 6) is -1.42. The number of rotatable bonds is 2. The third-order valence-electron chi connectivity index (χ3n) is 2.21. The fraction of sp³-hybridized carbons (Fsp3) is 0. The van der Waals surface area contributed by atoms with E-state index in [4.69, 9.17) is 9.59 Å². The molecule has 2 aromatic carbocycles. The van der Waals surface area contributed by atoms with Crippen LogP contribution in [0.25, 0.3) is 0 Å². The minimum absolute atomic E-state index is 0.250. The Balaban J connectivity index is 0.000000677. The molecule has 0 aliphatic heterocycles. The van der Waals surface area contributed by atoms with Gasteiger partial charge in [-0.3, -0.25) is 0 Å². The number of carbonyl (C=O) groups excluding carboxylic acids is 4. The van der Waals surface area contributed by atoms with Crippen molar-refractivity contribution in [3.05, 3.63) is 71.8 Å². The standard InChI is InChI=1S/C14H10O4.CO2/c15-13(11-7-3-1-4-8-11)17-18-14(16)12-9-5-2-6-10-12;2-1-3/h1-10H;. The maximum absolute atomic E-state index is 11.5. The molecule has 0 aliphatic rings. The fourth-order valence-corrected chi connectivity index (χ4v) is 1.32. The lowest BCUT2D eigenvalue weighted by Gasteiger charge is -2.02. The van der Waals surface area contributed by atoms with Gasteiger partial charge in [0.25, 0.3) is 0 Å². The molecule has 21 heavy (non-hydrogen) atoms. The van der Waals surface area contributed by atoms with Gasteiger partial charge in [-0.2, -0.15) is 9.59 Å². The molecule has 0 aromatic heterocycles. The zero-order chi connectivity index (χ0) is 15.5. The summed E-state index contributed by atoms with van der Waals surface area (Å²) in [6, 6.07) is 16.6. The molecule has 0 radical (unpaired) electrons. The van der Waals surface area contributed by atoms with E-state index in [-0.39, 0.29) is 6.15 Å². The highest BCUT2D eigenvalue weighted by molar-refractivity contribution is 5.92. The molecule has 0 atom stereocenters. The van der Waals surface area contributed by atoms with Crippen molar-refractivity contribution in [3.63, 3.8) is 0 Å². The van der Waals surface area contributed by atoms with Gasteiger partial charge in [-0.25, -0.2) is 19.4 Å².